The molecule has 0 aliphatic rings. The van der Waals surface area contributed by atoms with Crippen LogP contribution in [0.5, 0.6) is 5.75 Å². The fraction of sp³-hybridized carbons (Fsp3) is 0.467. The Morgan fingerprint density at radius 3 is 2.83 bits per heavy atom. The minimum absolute atomic E-state index is 0.578. The van der Waals surface area contributed by atoms with Gasteiger partial charge in [-0.3, -0.25) is 4.90 Å². The largest absolute Gasteiger partial charge is 0.496 e. The lowest BCUT2D eigenvalue weighted by molar-refractivity contribution is 0.186. The summed E-state index contributed by atoms with van der Waals surface area (Å²) in [5, 5.41) is 5.02. The summed E-state index contributed by atoms with van der Waals surface area (Å²) in [6.45, 7) is 2.56. The van der Waals surface area contributed by atoms with E-state index < -0.39 is 0 Å². The van der Waals surface area contributed by atoms with Gasteiger partial charge in [-0.05, 0) is 37.5 Å². The Bertz CT molecular complexity index is 701. The average Bonchev–Trinajstić information content (AvgIpc) is 2.86. The van der Waals surface area contributed by atoms with Gasteiger partial charge < -0.3 is 14.0 Å². The van der Waals surface area contributed by atoms with E-state index in [0.29, 0.717) is 36.2 Å². The highest BCUT2D eigenvalue weighted by Crippen LogP contribution is 2.23. The van der Waals surface area contributed by atoms with Crippen molar-refractivity contribution in [2.45, 2.75) is 19.8 Å². The molecule has 0 radical (unpaired) electrons. The molecule has 0 saturated heterocycles. The van der Waals surface area contributed by atoms with Crippen molar-refractivity contribution in [2.24, 2.45) is 0 Å². The third-order valence-electron chi connectivity index (χ3n) is 3.39. The van der Waals surface area contributed by atoms with Crippen LogP contribution in [0.1, 0.15) is 5.56 Å². The molecule has 0 amide bonds. The van der Waals surface area contributed by atoms with Crippen molar-refractivity contribution in [2.75, 3.05) is 27.9 Å². The van der Waals surface area contributed by atoms with Crippen LogP contribution in [0.4, 0.5) is 0 Å². The van der Waals surface area contributed by atoms with Crippen LogP contribution in [0.15, 0.2) is 24.5 Å². The average molecular weight is 357 g/mol. The Kier molecular flexibility index (Phi) is 6.59. The van der Waals surface area contributed by atoms with Crippen LogP contribution in [0, 0.1) is 4.77 Å². The molecule has 8 heteroatoms. The fourth-order valence-electron chi connectivity index (χ4n) is 2.25. The molecule has 23 heavy (non-hydrogen) atoms. The maximum absolute atomic E-state index is 6.07. The predicted octanol–water partition coefficient (Wildman–Crippen LogP) is 2.81. The standard InChI is InChI=1S/C15H21ClN4O2S/c1-18(9-12-8-13(16)4-5-14(12)22-3)11-20-15(23)19(10-17-20)6-7-21-2/h4-5,8,10H,6-7,9,11H2,1-3H3. The van der Waals surface area contributed by atoms with Crippen LogP contribution in [0.25, 0.3) is 0 Å². The highest BCUT2D eigenvalue weighted by atomic mass is 35.5. The van der Waals surface area contributed by atoms with Crippen LogP contribution in [0.2, 0.25) is 5.02 Å². The van der Waals surface area contributed by atoms with Crippen molar-refractivity contribution in [3.8, 4) is 5.75 Å². The van der Waals surface area contributed by atoms with E-state index in [1.54, 1.807) is 25.2 Å². The Hall–Kier alpha value is -1.41. The summed E-state index contributed by atoms with van der Waals surface area (Å²) >= 11 is 11.5. The van der Waals surface area contributed by atoms with Crippen molar-refractivity contribution >= 4 is 23.8 Å². The quantitative estimate of drug-likeness (QED) is 0.680. The minimum Gasteiger partial charge on any atom is -0.496 e. The first kappa shape index (κ1) is 17.9. The van der Waals surface area contributed by atoms with E-state index in [9.17, 15) is 0 Å². The highest BCUT2D eigenvalue weighted by Gasteiger charge is 2.09. The van der Waals surface area contributed by atoms with Gasteiger partial charge in [-0.15, -0.1) is 0 Å². The van der Waals surface area contributed by atoms with Crippen molar-refractivity contribution in [3.05, 3.63) is 39.9 Å². The van der Waals surface area contributed by atoms with Gasteiger partial charge in [0.2, 0.25) is 0 Å². The van der Waals surface area contributed by atoms with E-state index in [1.807, 2.05) is 29.8 Å². The fourth-order valence-corrected chi connectivity index (χ4v) is 2.69. The zero-order valence-electron chi connectivity index (χ0n) is 13.5. The van der Waals surface area contributed by atoms with E-state index in [2.05, 4.69) is 10.00 Å². The number of benzene rings is 1. The maximum atomic E-state index is 6.07. The van der Waals surface area contributed by atoms with Crippen LogP contribution in [0.3, 0.4) is 0 Å². The van der Waals surface area contributed by atoms with Gasteiger partial charge in [-0.1, -0.05) is 11.6 Å². The first-order valence-corrected chi connectivity index (χ1v) is 7.96. The molecule has 0 N–H and O–H groups in total. The molecule has 0 atom stereocenters. The van der Waals surface area contributed by atoms with Gasteiger partial charge in [0, 0.05) is 30.8 Å². The summed E-state index contributed by atoms with van der Waals surface area (Å²) in [5.74, 6) is 0.815. The molecule has 0 unspecified atom stereocenters. The molecule has 1 aromatic heterocycles. The lowest BCUT2D eigenvalue weighted by Crippen LogP contribution is -2.23. The smallest absolute Gasteiger partial charge is 0.198 e. The van der Waals surface area contributed by atoms with Gasteiger partial charge in [0.05, 0.1) is 20.4 Å². The van der Waals surface area contributed by atoms with E-state index in [0.717, 1.165) is 11.3 Å². The van der Waals surface area contributed by atoms with Gasteiger partial charge >= 0.3 is 0 Å². The molecule has 2 aromatic rings. The first-order chi connectivity index (χ1) is 11.0. The number of methoxy groups -OCH3 is 2. The number of nitrogens with zero attached hydrogens (tertiary/aromatic N) is 4. The molecular weight excluding hydrogens is 336 g/mol. The topological polar surface area (TPSA) is 44.5 Å². The molecule has 0 aliphatic carbocycles. The van der Waals surface area contributed by atoms with Crippen LogP contribution in [-0.2, 0) is 24.5 Å². The first-order valence-electron chi connectivity index (χ1n) is 7.17. The summed E-state index contributed by atoms with van der Waals surface area (Å²) in [5.41, 5.74) is 1.02. The lowest BCUT2D eigenvalue weighted by atomic mass is 10.2. The number of hydrogen-bond donors (Lipinski definition) is 0. The highest BCUT2D eigenvalue weighted by molar-refractivity contribution is 7.71. The van der Waals surface area contributed by atoms with Crippen LogP contribution in [-0.4, -0.2) is 47.1 Å². The number of halogens is 1. The molecule has 126 valence electrons. The number of ether oxygens (including phenoxy) is 2. The van der Waals surface area contributed by atoms with Crippen molar-refractivity contribution in [1.29, 1.82) is 0 Å². The van der Waals surface area contributed by atoms with Crippen molar-refractivity contribution in [1.82, 2.24) is 19.2 Å². The van der Waals surface area contributed by atoms with Gasteiger partial charge in [-0.25, -0.2) is 4.68 Å². The zero-order chi connectivity index (χ0) is 16.8. The molecule has 0 spiro atoms. The second-order valence-corrected chi connectivity index (χ2v) is 6.01. The zero-order valence-corrected chi connectivity index (χ0v) is 15.1. The molecule has 2 rings (SSSR count). The van der Waals surface area contributed by atoms with Crippen molar-refractivity contribution in [3.63, 3.8) is 0 Å². The normalized spacial score (nSPS) is 11.2. The Balaban J connectivity index is 2.05. The molecular formula is C15H21ClN4O2S. The third-order valence-corrected chi connectivity index (χ3v) is 4.07. The molecule has 1 aromatic carbocycles. The lowest BCUT2D eigenvalue weighted by Gasteiger charge is -2.18. The molecule has 0 aliphatic heterocycles. The maximum Gasteiger partial charge on any atom is 0.198 e. The minimum atomic E-state index is 0.578. The van der Waals surface area contributed by atoms with E-state index in [-0.39, 0.29) is 0 Å². The van der Waals surface area contributed by atoms with Crippen LogP contribution >= 0.6 is 23.8 Å². The Morgan fingerprint density at radius 1 is 1.35 bits per heavy atom. The third kappa shape index (κ3) is 4.78. The molecule has 1 heterocycles. The van der Waals surface area contributed by atoms with Gasteiger partial charge in [0.25, 0.3) is 0 Å². The van der Waals surface area contributed by atoms with Crippen LogP contribution < -0.4 is 4.74 Å². The van der Waals surface area contributed by atoms with E-state index >= 15 is 0 Å². The predicted molar refractivity (Wildman–Crippen MR) is 92.4 cm³/mol. The molecule has 0 fully saturated rings. The number of aromatic nitrogens is 3. The SMILES string of the molecule is COCCn1cnn(CN(C)Cc2cc(Cl)ccc2OC)c1=S. The van der Waals surface area contributed by atoms with E-state index in [4.69, 9.17) is 33.3 Å². The number of rotatable bonds is 8. The summed E-state index contributed by atoms with van der Waals surface area (Å²) in [7, 11) is 5.32. The molecule has 0 bridgehead atoms. The monoisotopic (exact) mass is 356 g/mol. The second-order valence-electron chi connectivity index (χ2n) is 5.21. The molecule has 6 nitrogen and oxygen atoms in total. The van der Waals surface area contributed by atoms with Gasteiger partial charge in [-0.2, -0.15) is 5.10 Å². The summed E-state index contributed by atoms with van der Waals surface area (Å²) < 4.78 is 14.8. The molecule has 0 saturated carbocycles. The number of hydrogen-bond acceptors (Lipinski definition) is 5. The van der Waals surface area contributed by atoms with Gasteiger partial charge in [0.1, 0.15) is 12.1 Å². The summed E-state index contributed by atoms with van der Waals surface area (Å²) in [6, 6.07) is 5.60. The summed E-state index contributed by atoms with van der Waals surface area (Å²) in [6.07, 6.45) is 1.73. The Morgan fingerprint density at radius 2 is 2.13 bits per heavy atom. The van der Waals surface area contributed by atoms with Crippen molar-refractivity contribution < 1.29 is 9.47 Å². The second kappa shape index (κ2) is 8.44. The van der Waals surface area contributed by atoms with Gasteiger partial charge in [0.15, 0.2) is 4.77 Å². The van der Waals surface area contributed by atoms with E-state index in [1.165, 1.54) is 0 Å². The summed E-state index contributed by atoms with van der Waals surface area (Å²) in [4.78, 5) is 2.09. The Labute approximate surface area is 146 Å².